The van der Waals surface area contributed by atoms with Gasteiger partial charge in [-0.25, -0.2) is 0 Å². The van der Waals surface area contributed by atoms with Gasteiger partial charge in [0, 0.05) is 12.8 Å². The van der Waals surface area contributed by atoms with E-state index in [1.165, 1.54) is 6.92 Å². The molecule has 0 heterocycles. The summed E-state index contributed by atoms with van der Waals surface area (Å²) in [5, 5.41) is 2.32. The van der Waals surface area contributed by atoms with Crippen molar-refractivity contribution in [2.24, 2.45) is 5.92 Å². The summed E-state index contributed by atoms with van der Waals surface area (Å²) in [5.41, 5.74) is 0. The molecule has 0 aromatic carbocycles. The third kappa shape index (κ3) is 5.39. The van der Waals surface area contributed by atoms with E-state index in [4.69, 9.17) is 0 Å². The van der Waals surface area contributed by atoms with E-state index in [-0.39, 0.29) is 17.7 Å². The van der Waals surface area contributed by atoms with E-state index in [9.17, 15) is 9.59 Å². The predicted octanol–water partition coefficient (Wildman–Crippen LogP) is 1.87. The molecule has 1 atom stereocenters. The normalized spacial score (nSPS) is 12.2. The van der Waals surface area contributed by atoms with Gasteiger partial charge in [-0.05, 0) is 12.8 Å². The lowest BCUT2D eigenvalue weighted by Gasteiger charge is -2.12. The second kappa shape index (κ2) is 6.63. The van der Waals surface area contributed by atoms with Crippen LogP contribution in [0.4, 0.5) is 0 Å². The van der Waals surface area contributed by atoms with Crippen molar-refractivity contribution in [3.05, 3.63) is 0 Å². The van der Waals surface area contributed by atoms with Crippen molar-refractivity contribution in [3.8, 4) is 0 Å². The van der Waals surface area contributed by atoms with Crippen LogP contribution >= 0.6 is 0 Å². The van der Waals surface area contributed by atoms with Crippen molar-refractivity contribution in [1.82, 2.24) is 5.32 Å². The average molecular weight is 185 g/mol. The number of unbranched alkanes of at least 4 members (excludes halogenated alkanes) is 1. The predicted molar refractivity (Wildman–Crippen MR) is 52.1 cm³/mol. The highest BCUT2D eigenvalue weighted by Gasteiger charge is 2.16. The monoisotopic (exact) mass is 185 g/mol. The van der Waals surface area contributed by atoms with Crippen molar-refractivity contribution >= 4 is 11.8 Å². The molecule has 0 aromatic rings. The van der Waals surface area contributed by atoms with Crippen molar-refractivity contribution in [1.29, 1.82) is 0 Å². The largest absolute Gasteiger partial charge is 0.296 e. The third-order valence-electron chi connectivity index (χ3n) is 2.07. The van der Waals surface area contributed by atoms with E-state index in [1.807, 2.05) is 6.92 Å². The molecule has 1 unspecified atom stereocenters. The molecule has 3 nitrogen and oxygen atoms in total. The second-order valence-electron chi connectivity index (χ2n) is 3.29. The molecule has 0 spiro atoms. The zero-order chi connectivity index (χ0) is 10.3. The standard InChI is InChI=1S/C10H19NO2/c1-4-6-7-9(5-2)10(13)11-8(3)12/h9H,4-7H2,1-3H3,(H,11,12,13). The number of hydrogen-bond donors (Lipinski definition) is 1. The Morgan fingerprint density at radius 2 is 1.92 bits per heavy atom. The molecule has 0 aromatic heterocycles. The minimum Gasteiger partial charge on any atom is -0.296 e. The van der Waals surface area contributed by atoms with E-state index in [0.29, 0.717) is 0 Å². The van der Waals surface area contributed by atoms with Crippen LogP contribution in [-0.2, 0) is 9.59 Å². The minimum atomic E-state index is -0.264. The molecule has 0 aliphatic carbocycles. The molecule has 2 amide bonds. The molecule has 0 bridgehead atoms. The summed E-state index contributed by atoms with van der Waals surface area (Å²) in [4.78, 5) is 22.0. The molecule has 3 heteroatoms. The highest BCUT2D eigenvalue weighted by Crippen LogP contribution is 2.12. The van der Waals surface area contributed by atoms with Crippen molar-refractivity contribution in [2.75, 3.05) is 0 Å². The maximum absolute atomic E-state index is 11.4. The van der Waals surface area contributed by atoms with E-state index >= 15 is 0 Å². The molecule has 0 aliphatic rings. The number of rotatable bonds is 5. The van der Waals surface area contributed by atoms with Gasteiger partial charge in [-0.2, -0.15) is 0 Å². The number of carbonyl (C=O) groups excluding carboxylic acids is 2. The van der Waals surface area contributed by atoms with Crippen LogP contribution in [0.25, 0.3) is 0 Å². The van der Waals surface area contributed by atoms with Crippen LogP contribution in [0.5, 0.6) is 0 Å². The molecule has 0 rings (SSSR count). The molecule has 13 heavy (non-hydrogen) atoms. The Morgan fingerprint density at radius 1 is 1.31 bits per heavy atom. The van der Waals surface area contributed by atoms with Crippen molar-refractivity contribution < 1.29 is 9.59 Å². The number of carbonyl (C=O) groups is 2. The van der Waals surface area contributed by atoms with E-state index in [0.717, 1.165) is 25.7 Å². The zero-order valence-electron chi connectivity index (χ0n) is 8.72. The molecular formula is C10H19NO2. The topological polar surface area (TPSA) is 46.2 Å². The SMILES string of the molecule is CCCCC(CC)C(=O)NC(C)=O. The highest BCUT2D eigenvalue weighted by molar-refractivity contribution is 5.95. The van der Waals surface area contributed by atoms with E-state index in [2.05, 4.69) is 12.2 Å². The fraction of sp³-hybridized carbons (Fsp3) is 0.800. The number of hydrogen-bond acceptors (Lipinski definition) is 2. The molecule has 0 saturated heterocycles. The fourth-order valence-corrected chi connectivity index (χ4v) is 1.25. The molecule has 0 saturated carbocycles. The van der Waals surface area contributed by atoms with Gasteiger partial charge in [-0.15, -0.1) is 0 Å². The van der Waals surface area contributed by atoms with Gasteiger partial charge in [0.2, 0.25) is 11.8 Å². The summed E-state index contributed by atoms with van der Waals surface area (Å²) in [5.74, 6) is -0.382. The van der Waals surface area contributed by atoms with E-state index in [1.54, 1.807) is 0 Å². The minimum absolute atomic E-state index is 0.00356. The maximum Gasteiger partial charge on any atom is 0.229 e. The summed E-state index contributed by atoms with van der Waals surface area (Å²) in [6.07, 6.45) is 3.82. The number of amides is 2. The summed E-state index contributed by atoms with van der Waals surface area (Å²) >= 11 is 0. The molecule has 0 radical (unpaired) electrons. The van der Waals surface area contributed by atoms with Crippen LogP contribution in [0.2, 0.25) is 0 Å². The third-order valence-corrected chi connectivity index (χ3v) is 2.07. The van der Waals surface area contributed by atoms with Gasteiger partial charge in [0.15, 0.2) is 0 Å². The Morgan fingerprint density at radius 3 is 2.31 bits per heavy atom. The first-order valence-corrected chi connectivity index (χ1v) is 4.93. The van der Waals surface area contributed by atoms with Crippen LogP contribution in [0, 0.1) is 5.92 Å². The smallest absolute Gasteiger partial charge is 0.229 e. The first-order valence-electron chi connectivity index (χ1n) is 4.93. The van der Waals surface area contributed by atoms with Crippen LogP contribution in [0.1, 0.15) is 46.5 Å². The van der Waals surface area contributed by atoms with E-state index < -0.39 is 0 Å². The van der Waals surface area contributed by atoms with Gasteiger partial charge in [0.05, 0.1) is 0 Å². The van der Waals surface area contributed by atoms with Crippen LogP contribution in [0.15, 0.2) is 0 Å². The summed E-state index contributed by atoms with van der Waals surface area (Å²) < 4.78 is 0. The zero-order valence-corrected chi connectivity index (χ0v) is 8.72. The lowest BCUT2D eigenvalue weighted by atomic mass is 9.98. The van der Waals surface area contributed by atoms with Crippen molar-refractivity contribution in [3.63, 3.8) is 0 Å². The summed E-state index contributed by atoms with van der Waals surface area (Å²) in [7, 11) is 0. The maximum atomic E-state index is 11.4. The Hall–Kier alpha value is -0.860. The molecule has 0 aliphatic heterocycles. The lowest BCUT2D eigenvalue weighted by Crippen LogP contribution is -2.33. The molecule has 76 valence electrons. The van der Waals surface area contributed by atoms with Crippen LogP contribution in [-0.4, -0.2) is 11.8 Å². The average Bonchev–Trinajstić information content (AvgIpc) is 2.04. The van der Waals surface area contributed by atoms with Gasteiger partial charge in [0.1, 0.15) is 0 Å². The molecule has 1 N–H and O–H groups in total. The first-order chi connectivity index (χ1) is 6.11. The van der Waals surface area contributed by atoms with Gasteiger partial charge in [-0.3, -0.25) is 14.9 Å². The highest BCUT2D eigenvalue weighted by atomic mass is 16.2. The van der Waals surface area contributed by atoms with Crippen molar-refractivity contribution in [2.45, 2.75) is 46.5 Å². The lowest BCUT2D eigenvalue weighted by molar-refractivity contribution is -0.132. The molecule has 0 fully saturated rings. The Kier molecular flexibility index (Phi) is 6.20. The van der Waals surface area contributed by atoms with Gasteiger partial charge in [0.25, 0.3) is 0 Å². The Bertz CT molecular complexity index is 178. The summed E-state index contributed by atoms with van der Waals surface area (Å²) in [6, 6.07) is 0. The number of imide groups is 1. The summed E-state index contributed by atoms with van der Waals surface area (Å²) in [6.45, 7) is 5.43. The Labute approximate surface area is 79.9 Å². The van der Waals surface area contributed by atoms with Gasteiger partial charge < -0.3 is 0 Å². The quantitative estimate of drug-likeness (QED) is 0.710. The van der Waals surface area contributed by atoms with Gasteiger partial charge >= 0.3 is 0 Å². The van der Waals surface area contributed by atoms with Crippen LogP contribution < -0.4 is 5.32 Å². The van der Waals surface area contributed by atoms with Gasteiger partial charge in [-0.1, -0.05) is 26.7 Å². The fourth-order valence-electron chi connectivity index (χ4n) is 1.25. The van der Waals surface area contributed by atoms with Crippen LogP contribution in [0.3, 0.4) is 0 Å². The Balaban J connectivity index is 3.91. The number of nitrogens with one attached hydrogen (secondary N) is 1. The molecular weight excluding hydrogens is 166 g/mol. The second-order valence-corrected chi connectivity index (χ2v) is 3.29. The first kappa shape index (κ1) is 12.1.